The van der Waals surface area contributed by atoms with Gasteiger partial charge in [-0.3, -0.25) is 0 Å². The molecule has 0 heterocycles. The van der Waals surface area contributed by atoms with Crippen molar-refractivity contribution in [2.24, 2.45) is 0 Å². The summed E-state index contributed by atoms with van der Waals surface area (Å²) in [5.74, 6) is 0. The van der Waals surface area contributed by atoms with Crippen LogP contribution in [0, 0.1) is 0 Å². The molecule has 0 fully saturated rings. The van der Waals surface area contributed by atoms with E-state index in [1.807, 2.05) is 0 Å². The van der Waals surface area contributed by atoms with Crippen LogP contribution in [0.15, 0.2) is 30.5 Å². The van der Waals surface area contributed by atoms with Gasteiger partial charge in [0.1, 0.15) is 0 Å². The van der Waals surface area contributed by atoms with Crippen LogP contribution < -0.4 is 0 Å². The Kier molecular flexibility index (Phi) is 3.78. The summed E-state index contributed by atoms with van der Waals surface area (Å²) in [4.78, 5) is 0. The summed E-state index contributed by atoms with van der Waals surface area (Å²) in [5.41, 5.74) is 3.44. The summed E-state index contributed by atoms with van der Waals surface area (Å²) in [5, 5.41) is 8.96. The molecule has 1 N–H and O–H groups in total. The Bertz CT molecular complexity index is 139. The molecule has 0 rings (SSSR count). The van der Waals surface area contributed by atoms with Crippen LogP contribution in [0.3, 0.4) is 0 Å². The first-order chi connectivity index (χ1) is 4.22. The number of aliphatic hydroxyl groups excluding tert-OH is 1. The maximum atomic E-state index is 8.96. The Labute approximate surface area is 56.0 Å². The Morgan fingerprint density at radius 2 is 2.44 bits per heavy atom. The number of aliphatic hydroxyl groups is 1. The number of rotatable bonds is 3. The standard InChI is InChI=1S/C8H12O/c1-4-6-8(5-2)7(3)9/h4,7,9H,1-2,6H2,3H3/t7-/m0/s1. The molecule has 0 radical (unpaired) electrons. The van der Waals surface area contributed by atoms with Crippen LogP contribution in [0.25, 0.3) is 0 Å². The zero-order chi connectivity index (χ0) is 7.28. The molecule has 0 saturated heterocycles. The highest BCUT2D eigenvalue weighted by Crippen LogP contribution is 2.04. The molecule has 0 aromatic carbocycles. The number of hydrogen-bond acceptors (Lipinski definition) is 1. The maximum Gasteiger partial charge on any atom is 0.0798 e. The van der Waals surface area contributed by atoms with Crippen molar-refractivity contribution >= 4 is 0 Å². The van der Waals surface area contributed by atoms with E-state index in [0.29, 0.717) is 6.42 Å². The highest BCUT2D eigenvalue weighted by molar-refractivity contribution is 5.07. The van der Waals surface area contributed by atoms with Crippen molar-refractivity contribution in [3.8, 4) is 0 Å². The molecule has 9 heavy (non-hydrogen) atoms. The fourth-order valence-electron chi connectivity index (χ4n) is 0.546. The molecule has 0 aliphatic carbocycles. The highest BCUT2D eigenvalue weighted by Gasteiger charge is 1.99. The second kappa shape index (κ2) is 4.13. The van der Waals surface area contributed by atoms with Gasteiger partial charge in [-0.2, -0.15) is 0 Å². The third-order valence-corrected chi connectivity index (χ3v) is 1.10. The molecule has 0 unspecified atom stereocenters. The second-order valence-electron chi connectivity index (χ2n) is 1.87. The minimum Gasteiger partial charge on any atom is -0.388 e. The van der Waals surface area contributed by atoms with E-state index in [1.54, 1.807) is 13.0 Å². The average Bonchev–Trinajstić information content (AvgIpc) is 1.82. The first-order valence-corrected chi connectivity index (χ1v) is 2.90. The molecule has 0 spiro atoms. The van der Waals surface area contributed by atoms with Gasteiger partial charge < -0.3 is 5.11 Å². The van der Waals surface area contributed by atoms with Crippen molar-refractivity contribution in [2.75, 3.05) is 0 Å². The van der Waals surface area contributed by atoms with Crippen molar-refractivity contribution in [3.63, 3.8) is 0 Å². The SMILES string of the molecule is C=C=C(CC=C)[C@H](C)O. The monoisotopic (exact) mass is 124 g/mol. The molecular weight excluding hydrogens is 112 g/mol. The molecule has 0 aliphatic rings. The molecule has 1 heteroatoms. The van der Waals surface area contributed by atoms with Gasteiger partial charge in [-0.25, -0.2) is 0 Å². The fourth-order valence-corrected chi connectivity index (χ4v) is 0.546. The Hall–Kier alpha value is -0.780. The van der Waals surface area contributed by atoms with Crippen molar-refractivity contribution in [3.05, 3.63) is 30.5 Å². The molecule has 0 aromatic heterocycles. The smallest absolute Gasteiger partial charge is 0.0798 e. The Morgan fingerprint density at radius 1 is 1.89 bits per heavy atom. The maximum absolute atomic E-state index is 8.96. The van der Waals surface area contributed by atoms with E-state index in [9.17, 15) is 0 Å². The molecule has 0 amide bonds. The predicted molar refractivity (Wildman–Crippen MR) is 39.1 cm³/mol. The van der Waals surface area contributed by atoms with Gasteiger partial charge in [-0.1, -0.05) is 12.7 Å². The normalized spacial score (nSPS) is 11.8. The second-order valence-corrected chi connectivity index (χ2v) is 1.87. The summed E-state index contributed by atoms with van der Waals surface area (Å²) in [7, 11) is 0. The van der Waals surface area contributed by atoms with E-state index in [1.165, 1.54) is 0 Å². The minimum absolute atomic E-state index is 0.444. The van der Waals surface area contributed by atoms with Crippen LogP contribution in [0.1, 0.15) is 13.3 Å². The lowest BCUT2D eigenvalue weighted by Crippen LogP contribution is -2.01. The zero-order valence-corrected chi connectivity index (χ0v) is 5.72. The van der Waals surface area contributed by atoms with Crippen molar-refractivity contribution in [1.82, 2.24) is 0 Å². The molecule has 0 saturated carbocycles. The summed E-state index contributed by atoms with van der Waals surface area (Å²) in [6, 6.07) is 0. The van der Waals surface area contributed by atoms with Crippen LogP contribution in [-0.2, 0) is 0 Å². The first-order valence-electron chi connectivity index (χ1n) is 2.90. The van der Waals surface area contributed by atoms with Crippen LogP contribution in [-0.4, -0.2) is 11.2 Å². The molecule has 0 bridgehead atoms. The van der Waals surface area contributed by atoms with Crippen LogP contribution in [0.2, 0.25) is 0 Å². The first kappa shape index (κ1) is 8.22. The third kappa shape index (κ3) is 2.91. The van der Waals surface area contributed by atoms with E-state index < -0.39 is 6.10 Å². The van der Waals surface area contributed by atoms with Crippen molar-refractivity contribution in [1.29, 1.82) is 0 Å². The third-order valence-electron chi connectivity index (χ3n) is 1.10. The van der Waals surface area contributed by atoms with Gasteiger partial charge in [0.15, 0.2) is 0 Å². The number of allylic oxidation sites excluding steroid dienone is 1. The largest absolute Gasteiger partial charge is 0.388 e. The van der Waals surface area contributed by atoms with Crippen molar-refractivity contribution < 1.29 is 5.11 Å². The van der Waals surface area contributed by atoms with Gasteiger partial charge in [-0.05, 0) is 13.3 Å². The molecule has 1 nitrogen and oxygen atoms in total. The number of hydrogen-bond donors (Lipinski definition) is 1. The summed E-state index contributed by atoms with van der Waals surface area (Å²) in [6.07, 6.45) is 1.95. The quantitative estimate of drug-likeness (QED) is 0.448. The van der Waals surface area contributed by atoms with Gasteiger partial charge in [-0.15, -0.1) is 12.3 Å². The van der Waals surface area contributed by atoms with Crippen LogP contribution in [0.5, 0.6) is 0 Å². The average molecular weight is 124 g/mol. The van der Waals surface area contributed by atoms with Gasteiger partial charge >= 0.3 is 0 Å². The molecule has 0 aliphatic heterocycles. The Balaban J connectivity index is 4.01. The van der Waals surface area contributed by atoms with E-state index >= 15 is 0 Å². The Morgan fingerprint density at radius 3 is 2.56 bits per heavy atom. The summed E-state index contributed by atoms with van der Waals surface area (Å²) < 4.78 is 0. The van der Waals surface area contributed by atoms with E-state index in [-0.39, 0.29) is 0 Å². The predicted octanol–water partition coefficient (Wildman–Crippen LogP) is 1.65. The van der Waals surface area contributed by atoms with E-state index in [0.717, 1.165) is 5.57 Å². The minimum atomic E-state index is -0.444. The molecule has 1 atom stereocenters. The summed E-state index contributed by atoms with van der Waals surface area (Å²) >= 11 is 0. The zero-order valence-electron chi connectivity index (χ0n) is 5.72. The molecule has 50 valence electrons. The van der Waals surface area contributed by atoms with Crippen LogP contribution in [0.4, 0.5) is 0 Å². The van der Waals surface area contributed by atoms with Gasteiger partial charge in [0, 0.05) is 5.57 Å². The lowest BCUT2D eigenvalue weighted by Gasteiger charge is -2.02. The summed E-state index contributed by atoms with van der Waals surface area (Å²) in [6.45, 7) is 8.65. The lowest BCUT2D eigenvalue weighted by atomic mass is 10.1. The van der Waals surface area contributed by atoms with E-state index in [2.05, 4.69) is 18.9 Å². The van der Waals surface area contributed by atoms with E-state index in [4.69, 9.17) is 5.11 Å². The lowest BCUT2D eigenvalue weighted by molar-refractivity contribution is 0.229. The fraction of sp³-hybridized carbons (Fsp3) is 0.375. The highest BCUT2D eigenvalue weighted by atomic mass is 16.3. The topological polar surface area (TPSA) is 20.2 Å². The van der Waals surface area contributed by atoms with Gasteiger partial charge in [0.25, 0.3) is 0 Å². The van der Waals surface area contributed by atoms with Gasteiger partial charge in [0.2, 0.25) is 0 Å². The van der Waals surface area contributed by atoms with Crippen molar-refractivity contribution in [2.45, 2.75) is 19.4 Å². The molecular formula is C8H12O. The van der Waals surface area contributed by atoms with Gasteiger partial charge in [0.05, 0.1) is 6.10 Å². The molecule has 0 aromatic rings. The van der Waals surface area contributed by atoms with Crippen LogP contribution >= 0.6 is 0 Å².